The molecule has 0 saturated carbocycles. The lowest BCUT2D eigenvalue weighted by Gasteiger charge is -2.13. The van der Waals surface area contributed by atoms with Crippen molar-refractivity contribution in [3.63, 3.8) is 0 Å². The second-order valence-corrected chi connectivity index (χ2v) is 15.4. The Morgan fingerprint density at radius 2 is 0.817 bits per heavy atom. The predicted molar refractivity (Wildman–Crippen MR) is 250 cm³/mol. The topological polar surface area (TPSA) is 35.6 Å². The number of nitrogens with zero attached hydrogens (tertiary/aromatic N) is 4. The quantitative estimate of drug-likeness (QED) is 0.169. The Labute approximate surface area is 346 Å². The molecule has 0 unspecified atom stereocenters. The number of rotatable bonds is 6. The molecule has 0 radical (unpaired) electrons. The number of hydrogen-bond donors (Lipinski definition) is 0. The molecule has 280 valence electrons. The van der Waals surface area contributed by atoms with Crippen LogP contribution >= 0.6 is 0 Å². The van der Waals surface area contributed by atoms with Gasteiger partial charge in [0.2, 0.25) is 0 Å². The molecule has 0 amide bonds. The Balaban J connectivity index is 1.01. The maximum absolute atomic E-state index is 5.16. The first-order chi connectivity index (χ1) is 29.7. The van der Waals surface area contributed by atoms with E-state index >= 15 is 0 Å². The summed E-state index contributed by atoms with van der Waals surface area (Å²) in [6, 6.07) is 78.1. The fourth-order valence-corrected chi connectivity index (χ4v) is 9.05. The van der Waals surface area contributed by atoms with Crippen LogP contribution in [-0.2, 0) is 0 Å². The van der Waals surface area contributed by atoms with E-state index in [9.17, 15) is 0 Å². The number of hydrogen-bond acceptors (Lipinski definition) is 2. The van der Waals surface area contributed by atoms with Gasteiger partial charge in [-0.15, -0.1) is 0 Å². The van der Waals surface area contributed by atoms with E-state index in [0.29, 0.717) is 5.82 Å². The van der Waals surface area contributed by atoms with Crippen molar-refractivity contribution in [2.75, 3.05) is 0 Å². The van der Waals surface area contributed by atoms with Crippen LogP contribution in [0.3, 0.4) is 0 Å². The smallest absolute Gasteiger partial charge is 0.160 e. The van der Waals surface area contributed by atoms with Gasteiger partial charge in [-0.05, 0) is 82.6 Å². The van der Waals surface area contributed by atoms with Gasteiger partial charge in [0.1, 0.15) is 0 Å². The highest BCUT2D eigenvalue weighted by molar-refractivity contribution is 6.12. The Hall–Kier alpha value is -8.08. The molecule has 9 aromatic carbocycles. The third-order valence-electron chi connectivity index (χ3n) is 11.9. The Kier molecular flexibility index (Phi) is 7.82. The van der Waals surface area contributed by atoms with E-state index in [1.165, 1.54) is 54.5 Å². The molecule has 0 aliphatic carbocycles. The van der Waals surface area contributed by atoms with Crippen molar-refractivity contribution in [1.82, 2.24) is 19.1 Å². The van der Waals surface area contributed by atoms with E-state index in [2.05, 4.69) is 203 Å². The van der Waals surface area contributed by atoms with Crippen molar-refractivity contribution in [3.8, 4) is 56.4 Å². The molecular formula is C56H36N4. The molecule has 3 aromatic heterocycles. The van der Waals surface area contributed by atoms with Crippen LogP contribution in [-0.4, -0.2) is 19.1 Å². The zero-order valence-corrected chi connectivity index (χ0v) is 32.6. The van der Waals surface area contributed by atoms with Crippen LogP contribution in [0, 0.1) is 0 Å². The van der Waals surface area contributed by atoms with Gasteiger partial charge in [-0.25, -0.2) is 9.97 Å². The third-order valence-corrected chi connectivity index (χ3v) is 11.9. The Bertz CT molecular complexity index is 3540. The highest BCUT2D eigenvalue weighted by Crippen LogP contribution is 2.39. The molecule has 12 aromatic rings. The molecule has 0 aliphatic heterocycles. The van der Waals surface area contributed by atoms with Crippen molar-refractivity contribution >= 4 is 54.4 Å². The molecule has 4 nitrogen and oxygen atoms in total. The minimum Gasteiger partial charge on any atom is -0.309 e. The SMILES string of the molecule is c1ccc(-c2cc(-c3cccc(-n4c5ccccc5c5ccc(-c6ccc7c(c6)c6ccccc6n7-c6ccc7ccccc7c6)cc54)c3)nc(-c3ccccc3)n2)cc1. The molecule has 0 N–H and O–H groups in total. The molecule has 60 heavy (non-hydrogen) atoms. The van der Waals surface area contributed by atoms with Crippen LogP contribution in [0.5, 0.6) is 0 Å². The highest BCUT2D eigenvalue weighted by atomic mass is 15.0. The lowest BCUT2D eigenvalue weighted by Crippen LogP contribution is -1.98. The van der Waals surface area contributed by atoms with Gasteiger partial charge >= 0.3 is 0 Å². The molecule has 4 heteroatoms. The van der Waals surface area contributed by atoms with Gasteiger partial charge in [-0.2, -0.15) is 0 Å². The van der Waals surface area contributed by atoms with E-state index in [0.717, 1.165) is 50.5 Å². The molecule has 0 saturated heterocycles. The Morgan fingerprint density at radius 1 is 0.267 bits per heavy atom. The number of benzene rings is 9. The monoisotopic (exact) mass is 764 g/mol. The van der Waals surface area contributed by atoms with Crippen molar-refractivity contribution in [2.45, 2.75) is 0 Å². The average Bonchev–Trinajstić information content (AvgIpc) is 3.84. The highest BCUT2D eigenvalue weighted by Gasteiger charge is 2.18. The number of aromatic nitrogens is 4. The van der Waals surface area contributed by atoms with Crippen molar-refractivity contribution in [1.29, 1.82) is 0 Å². The van der Waals surface area contributed by atoms with E-state index in [-0.39, 0.29) is 0 Å². The lowest BCUT2D eigenvalue weighted by atomic mass is 10.0. The summed E-state index contributed by atoms with van der Waals surface area (Å²) in [5.74, 6) is 0.705. The molecule has 0 spiro atoms. The molecule has 0 atom stereocenters. The first-order valence-corrected chi connectivity index (χ1v) is 20.4. The molecule has 3 heterocycles. The van der Waals surface area contributed by atoms with E-state index in [1.807, 2.05) is 24.3 Å². The fourth-order valence-electron chi connectivity index (χ4n) is 9.05. The average molecular weight is 765 g/mol. The number of para-hydroxylation sites is 2. The third kappa shape index (κ3) is 5.61. The van der Waals surface area contributed by atoms with Gasteiger partial charge in [-0.1, -0.05) is 158 Å². The predicted octanol–water partition coefficient (Wildman–Crippen LogP) is 14.5. The lowest BCUT2D eigenvalue weighted by molar-refractivity contribution is 1.16. The Morgan fingerprint density at radius 3 is 1.60 bits per heavy atom. The maximum atomic E-state index is 5.16. The summed E-state index contributed by atoms with van der Waals surface area (Å²) in [4.78, 5) is 10.2. The second kappa shape index (κ2) is 13.8. The molecule has 0 fully saturated rings. The largest absolute Gasteiger partial charge is 0.309 e. The number of fused-ring (bicyclic) bond motifs is 7. The van der Waals surface area contributed by atoms with Crippen LogP contribution in [0.2, 0.25) is 0 Å². The molecule has 0 bridgehead atoms. The molecular weight excluding hydrogens is 729 g/mol. The van der Waals surface area contributed by atoms with E-state index in [1.54, 1.807) is 0 Å². The van der Waals surface area contributed by atoms with Crippen molar-refractivity contribution in [3.05, 3.63) is 218 Å². The van der Waals surface area contributed by atoms with Gasteiger partial charge in [0.05, 0.1) is 33.5 Å². The van der Waals surface area contributed by atoms with Gasteiger partial charge < -0.3 is 9.13 Å². The zero-order chi connectivity index (χ0) is 39.6. The normalized spacial score (nSPS) is 11.7. The summed E-state index contributed by atoms with van der Waals surface area (Å²) in [5.41, 5.74) is 14.1. The fraction of sp³-hybridized carbons (Fsp3) is 0. The summed E-state index contributed by atoms with van der Waals surface area (Å²) in [7, 11) is 0. The van der Waals surface area contributed by atoms with Crippen LogP contribution < -0.4 is 0 Å². The first kappa shape index (κ1) is 34.0. The second-order valence-electron chi connectivity index (χ2n) is 15.4. The van der Waals surface area contributed by atoms with E-state index < -0.39 is 0 Å². The van der Waals surface area contributed by atoms with Crippen LogP contribution in [0.25, 0.3) is 111 Å². The van der Waals surface area contributed by atoms with Crippen LogP contribution in [0.15, 0.2) is 218 Å². The van der Waals surface area contributed by atoms with E-state index in [4.69, 9.17) is 9.97 Å². The summed E-state index contributed by atoms with van der Waals surface area (Å²) >= 11 is 0. The van der Waals surface area contributed by atoms with Crippen molar-refractivity contribution < 1.29 is 0 Å². The summed E-state index contributed by atoms with van der Waals surface area (Å²) < 4.78 is 4.80. The first-order valence-electron chi connectivity index (χ1n) is 20.4. The van der Waals surface area contributed by atoms with Gasteiger partial charge in [0.25, 0.3) is 0 Å². The van der Waals surface area contributed by atoms with Crippen molar-refractivity contribution in [2.24, 2.45) is 0 Å². The van der Waals surface area contributed by atoms with Crippen LogP contribution in [0.1, 0.15) is 0 Å². The van der Waals surface area contributed by atoms with Gasteiger partial charge in [0.15, 0.2) is 5.82 Å². The van der Waals surface area contributed by atoms with Gasteiger partial charge in [-0.3, -0.25) is 0 Å². The minimum absolute atomic E-state index is 0.705. The minimum atomic E-state index is 0.705. The van der Waals surface area contributed by atoms with Gasteiger partial charge in [0, 0.05) is 49.6 Å². The summed E-state index contributed by atoms with van der Waals surface area (Å²) in [5, 5.41) is 7.39. The van der Waals surface area contributed by atoms with Crippen LogP contribution in [0.4, 0.5) is 0 Å². The summed E-state index contributed by atoms with van der Waals surface area (Å²) in [6.45, 7) is 0. The maximum Gasteiger partial charge on any atom is 0.160 e. The molecule has 12 rings (SSSR count). The summed E-state index contributed by atoms with van der Waals surface area (Å²) in [6.07, 6.45) is 0. The standard InChI is InChI=1S/C56H36N4/c1-3-15-38(16-4-1)50-36-51(58-56(57-50)39-17-5-2-6-18-39)43-20-13-21-44(33-43)60-52-24-11-9-22-46(52)48-30-27-42(35-55(48)60)41-28-31-54-49(34-41)47-23-10-12-25-53(47)59(54)45-29-26-37-14-7-8-19-40(37)32-45/h1-36H. The zero-order valence-electron chi connectivity index (χ0n) is 32.6. The molecule has 0 aliphatic rings.